The second kappa shape index (κ2) is 11.2. The Bertz CT molecular complexity index is 1040. The summed E-state index contributed by atoms with van der Waals surface area (Å²) in [4.78, 5) is 29.2. The molecule has 0 bridgehead atoms. The van der Waals surface area contributed by atoms with Crippen LogP contribution < -0.4 is 16.0 Å². The number of aliphatic hydroxyl groups excluding tert-OH is 1. The minimum absolute atomic E-state index is 0.129. The number of β-amino-alcohol motifs (C(OH)–C–C–N with tert-alkyl or cyclic N) is 1. The van der Waals surface area contributed by atoms with Crippen molar-refractivity contribution in [3.05, 3.63) is 57.8 Å². The van der Waals surface area contributed by atoms with Gasteiger partial charge in [0.25, 0.3) is 5.91 Å². The molecule has 2 aromatic carbocycles. The van der Waals surface area contributed by atoms with E-state index in [9.17, 15) is 24.2 Å². The van der Waals surface area contributed by atoms with Crippen molar-refractivity contribution in [3.63, 3.8) is 0 Å². The maximum Gasteiger partial charge on any atom is 0.251 e. The third-order valence-electron chi connectivity index (χ3n) is 5.18. The second-order valence-electron chi connectivity index (χ2n) is 7.85. The number of benzene rings is 2. The molecule has 2 aromatic rings. The summed E-state index contributed by atoms with van der Waals surface area (Å²) < 4.78 is 14.3. The highest BCUT2D eigenvalue weighted by molar-refractivity contribution is 9.10. The summed E-state index contributed by atoms with van der Waals surface area (Å²) in [5.74, 6) is -0.957. The average molecular weight is 521 g/mol. The van der Waals surface area contributed by atoms with E-state index in [1.807, 2.05) is 6.92 Å². The second-order valence-corrected chi connectivity index (χ2v) is 8.77. The minimum Gasteiger partial charge on any atom is -0.508 e. The SMILES string of the molecule is CC[C@H](CC(=O)CNC(=O)c1cc(O)cc(NC2=NCC(O)CN2)c1)c1cc(F)cc(Br)c1. The van der Waals surface area contributed by atoms with Crippen molar-refractivity contribution >= 4 is 39.3 Å². The monoisotopic (exact) mass is 520 g/mol. The first-order valence-electron chi connectivity index (χ1n) is 10.6. The fraction of sp³-hybridized carbons (Fsp3) is 0.348. The lowest BCUT2D eigenvalue weighted by Gasteiger charge is -2.20. The first kappa shape index (κ1) is 24.7. The Kier molecular flexibility index (Phi) is 8.40. The topological polar surface area (TPSA) is 123 Å². The lowest BCUT2D eigenvalue weighted by molar-refractivity contribution is -0.118. The van der Waals surface area contributed by atoms with Crippen LogP contribution in [0.25, 0.3) is 0 Å². The summed E-state index contributed by atoms with van der Waals surface area (Å²) in [7, 11) is 0. The largest absolute Gasteiger partial charge is 0.508 e. The number of nitrogens with zero attached hydrogens (tertiary/aromatic N) is 1. The van der Waals surface area contributed by atoms with Crippen molar-refractivity contribution < 1.29 is 24.2 Å². The number of anilines is 1. The van der Waals surface area contributed by atoms with Crippen molar-refractivity contribution in [2.45, 2.75) is 31.8 Å². The molecule has 2 atom stereocenters. The van der Waals surface area contributed by atoms with Gasteiger partial charge < -0.3 is 26.2 Å². The van der Waals surface area contributed by atoms with Crippen LogP contribution in [0.3, 0.4) is 0 Å². The zero-order valence-electron chi connectivity index (χ0n) is 18.1. The highest BCUT2D eigenvalue weighted by atomic mass is 79.9. The summed E-state index contributed by atoms with van der Waals surface area (Å²) in [6, 6.07) is 8.81. The van der Waals surface area contributed by atoms with E-state index in [2.05, 4.69) is 36.9 Å². The molecule has 0 aromatic heterocycles. The minimum atomic E-state index is -0.562. The van der Waals surface area contributed by atoms with Gasteiger partial charge in [-0.15, -0.1) is 0 Å². The molecule has 0 saturated carbocycles. The predicted octanol–water partition coefficient (Wildman–Crippen LogP) is 2.91. The lowest BCUT2D eigenvalue weighted by atomic mass is 9.91. The number of aliphatic hydroxyl groups is 1. The van der Waals surface area contributed by atoms with Gasteiger partial charge in [-0.3, -0.25) is 14.6 Å². The van der Waals surface area contributed by atoms with Crippen LogP contribution in [0.15, 0.2) is 45.9 Å². The summed E-state index contributed by atoms with van der Waals surface area (Å²) >= 11 is 3.27. The molecule has 0 spiro atoms. The Labute approximate surface area is 199 Å². The molecule has 3 rings (SSSR count). The number of phenolic OH excluding ortho intramolecular Hbond substituents is 1. The van der Waals surface area contributed by atoms with E-state index in [0.29, 0.717) is 29.1 Å². The number of amides is 1. The number of aromatic hydroxyl groups is 1. The lowest BCUT2D eigenvalue weighted by Crippen LogP contribution is -2.42. The normalized spacial score (nSPS) is 16.4. The molecular weight excluding hydrogens is 495 g/mol. The van der Waals surface area contributed by atoms with Crippen LogP contribution in [0.2, 0.25) is 0 Å². The molecule has 8 nitrogen and oxygen atoms in total. The maximum absolute atomic E-state index is 13.7. The third kappa shape index (κ3) is 7.26. The molecular formula is C23H26BrFN4O4. The fourth-order valence-corrected chi connectivity index (χ4v) is 3.99. The quantitative estimate of drug-likeness (QED) is 0.364. The van der Waals surface area contributed by atoms with Crippen LogP contribution in [0.1, 0.15) is 41.6 Å². The number of carbonyl (C=O) groups excluding carboxylic acids is 2. The Balaban J connectivity index is 1.59. The molecule has 1 unspecified atom stereocenters. The van der Waals surface area contributed by atoms with E-state index >= 15 is 0 Å². The number of guanidine groups is 1. The van der Waals surface area contributed by atoms with Gasteiger partial charge in [0, 0.05) is 34.8 Å². The molecule has 10 heteroatoms. The number of carbonyl (C=O) groups is 2. The molecule has 5 N–H and O–H groups in total. The molecule has 0 aliphatic carbocycles. The highest BCUT2D eigenvalue weighted by Gasteiger charge is 2.18. The van der Waals surface area contributed by atoms with Crippen molar-refractivity contribution in [2.75, 3.05) is 25.0 Å². The zero-order valence-corrected chi connectivity index (χ0v) is 19.7. The van der Waals surface area contributed by atoms with Crippen LogP contribution in [0.4, 0.5) is 10.1 Å². The molecule has 1 aliphatic rings. The van der Waals surface area contributed by atoms with Gasteiger partial charge in [-0.1, -0.05) is 22.9 Å². The summed E-state index contributed by atoms with van der Waals surface area (Å²) in [5, 5.41) is 27.9. The standard InChI is InChI=1S/C23H26BrFN4O4/c1-2-13(14-3-16(24)8-17(25)4-14)6-20(31)10-26-22(33)15-5-18(9-19(30)7-15)29-23-27-11-21(32)12-28-23/h3-5,7-9,13,21,30,32H,2,6,10-12H2,1H3,(H,26,33)(H2,27,28,29)/t13-/m1/s1. The van der Waals surface area contributed by atoms with Crippen molar-refractivity contribution in [1.29, 1.82) is 0 Å². The van der Waals surface area contributed by atoms with Crippen LogP contribution in [-0.2, 0) is 4.79 Å². The highest BCUT2D eigenvalue weighted by Crippen LogP contribution is 2.27. The Morgan fingerprint density at radius 2 is 2.06 bits per heavy atom. The molecule has 0 fully saturated rings. The number of ketones is 1. The Morgan fingerprint density at radius 1 is 1.27 bits per heavy atom. The van der Waals surface area contributed by atoms with Gasteiger partial charge in [0.1, 0.15) is 11.6 Å². The summed E-state index contributed by atoms with van der Waals surface area (Å²) in [6.07, 6.45) is 0.247. The van der Waals surface area contributed by atoms with Gasteiger partial charge >= 0.3 is 0 Å². The van der Waals surface area contributed by atoms with Crippen LogP contribution in [0.5, 0.6) is 5.75 Å². The van der Waals surface area contributed by atoms with E-state index in [0.717, 1.165) is 5.56 Å². The van der Waals surface area contributed by atoms with E-state index in [1.165, 1.54) is 30.3 Å². The summed E-state index contributed by atoms with van der Waals surface area (Å²) in [6.45, 7) is 2.32. The Morgan fingerprint density at radius 3 is 2.73 bits per heavy atom. The van der Waals surface area contributed by atoms with E-state index < -0.39 is 12.0 Å². The van der Waals surface area contributed by atoms with Crippen molar-refractivity contribution in [2.24, 2.45) is 4.99 Å². The van der Waals surface area contributed by atoms with E-state index in [1.54, 1.807) is 6.07 Å². The molecule has 33 heavy (non-hydrogen) atoms. The number of hydrogen-bond donors (Lipinski definition) is 5. The first-order chi connectivity index (χ1) is 15.7. The number of Topliss-reactive ketones (excluding diaryl/α,β-unsaturated/α-hetero) is 1. The zero-order chi connectivity index (χ0) is 24.0. The van der Waals surface area contributed by atoms with E-state index in [-0.39, 0.29) is 48.3 Å². The first-order valence-corrected chi connectivity index (χ1v) is 11.4. The number of hydrogen-bond acceptors (Lipinski definition) is 7. The molecule has 1 heterocycles. The Hall–Kier alpha value is -2.98. The number of halogens is 2. The smallest absolute Gasteiger partial charge is 0.251 e. The van der Waals surface area contributed by atoms with Crippen LogP contribution in [0, 0.1) is 5.82 Å². The van der Waals surface area contributed by atoms with Gasteiger partial charge in [-0.05, 0) is 48.2 Å². The molecule has 1 amide bonds. The number of phenols is 1. The molecule has 1 aliphatic heterocycles. The maximum atomic E-state index is 13.7. The number of nitrogens with one attached hydrogen (secondary N) is 3. The van der Waals surface area contributed by atoms with Gasteiger partial charge in [0.05, 0.1) is 19.2 Å². The van der Waals surface area contributed by atoms with Crippen LogP contribution in [-0.4, -0.2) is 53.6 Å². The van der Waals surface area contributed by atoms with E-state index in [4.69, 9.17) is 0 Å². The molecule has 0 radical (unpaired) electrons. The summed E-state index contributed by atoms with van der Waals surface area (Å²) in [5.41, 5.74) is 1.32. The van der Waals surface area contributed by atoms with Gasteiger partial charge in [0.2, 0.25) is 0 Å². The number of aliphatic imine (C=N–C) groups is 1. The fourth-order valence-electron chi connectivity index (χ4n) is 3.50. The number of rotatable bonds is 8. The van der Waals surface area contributed by atoms with Crippen molar-refractivity contribution in [1.82, 2.24) is 10.6 Å². The third-order valence-corrected chi connectivity index (χ3v) is 5.64. The predicted molar refractivity (Wildman–Crippen MR) is 127 cm³/mol. The van der Waals surface area contributed by atoms with Crippen LogP contribution >= 0.6 is 15.9 Å². The van der Waals surface area contributed by atoms with Crippen molar-refractivity contribution in [3.8, 4) is 5.75 Å². The average Bonchev–Trinajstić information content (AvgIpc) is 2.76. The molecule has 0 saturated heterocycles. The molecule has 176 valence electrons. The van der Waals surface area contributed by atoms with Gasteiger partial charge in [-0.2, -0.15) is 0 Å². The van der Waals surface area contributed by atoms with Gasteiger partial charge in [-0.25, -0.2) is 4.39 Å². The van der Waals surface area contributed by atoms with Gasteiger partial charge in [0.15, 0.2) is 11.7 Å².